The molecule has 0 aliphatic heterocycles. The molecular formula is C27H21BrClN5OS2. The highest BCUT2D eigenvalue weighted by Gasteiger charge is 2.18. The number of benzene rings is 3. The van der Waals surface area contributed by atoms with Crippen molar-refractivity contribution < 1.29 is 4.79 Å². The SMILES string of the molecule is Cc1ccc(Cc2cnc(NC(=O)CSc3nnc(-c4ccc(Br)cc4)n3-c3ccccc3)s2)cc1Cl. The van der Waals surface area contributed by atoms with E-state index in [0.29, 0.717) is 22.5 Å². The van der Waals surface area contributed by atoms with Gasteiger partial charge in [0.25, 0.3) is 0 Å². The van der Waals surface area contributed by atoms with Crippen molar-refractivity contribution in [2.45, 2.75) is 18.5 Å². The zero-order chi connectivity index (χ0) is 25.8. The molecule has 2 aromatic heterocycles. The first kappa shape index (κ1) is 25.7. The second kappa shape index (κ2) is 11.6. The molecule has 0 atom stereocenters. The Morgan fingerprint density at radius 3 is 2.62 bits per heavy atom. The summed E-state index contributed by atoms with van der Waals surface area (Å²) in [5.41, 5.74) is 4.01. The first-order valence-corrected chi connectivity index (χ1v) is 14.3. The van der Waals surface area contributed by atoms with E-state index in [0.717, 1.165) is 36.8 Å². The zero-order valence-corrected chi connectivity index (χ0v) is 23.7. The number of aryl methyl sites for hydroxylation is 1. The van der Waals surface area contributed by atoms with Crippen molar-refractivity contribution in [1.29, 1.82) is 0 Å². The lowest BCUT2D eigenvalue weighted by atomic mass is 10.1. The van der Waals surface area contributed by atoms with Gasteiger partial charge in [-0.15, -0.1) is 21.5 Å². The molecular weight excluding hydrogens is 590 g/mol. The van der Waals surface area contributed by atoms with E-state index >= 15 is 0 Å². The monoisotopic (exact) mass is 609 g/mol. The number of thioether (sulfide) groups is 1. The number of halogens is 2. The van der Waals surface area contributed by atoms with Gasteiger partial charge >= 0.3 is 0 Å². The number of amides is 1. The van der Waals surface area contributed by atoms with Crippen molar-refractivity contribution in [3.05, 3.63) is 104 Å². The fourth-order valence-electron chi connectivity index (χ4n) is 3.64. The van der Waals surface area contributed by atoms with Crippen LogP contribution in [-0.2, 0) is 11.2 Å². The normalized spacial score (nSPS) is 11.0. The smallest absolute Gasteiger partial charge is 0.236 e. The van der Waals surface area contributed by atoms with Crippen LogP contribution < -0.4 is 5.32 Å². The topological polar surface area (TPSA) is 72.7 Å². The van der Waals surface area contributed by atoms with E-state index in [9.17, 15) is 4.79 Å². The molecule has 0 aliphatic carbocycles. The Kier molecular flexibility index (Phi) is 8.05. The van der Waals surface area contributed by atoms with Gasteiger partial charge in [-0.25, -0.2) is 4.98 Å². The molecule has 3 aromatic carbocycles. The maximum atomic E-state index is 12.8. The van der Waals surface area contributed by atoms with E-state index in [2.05, 4.69) is 42.5 Å². The molecule has 1 amide bonds. The predicted octanol–water partition coefficient (Wildman–Crippen LogP) is 7.44. The van der Waals surface area contributed by atoms with Gasteiger partial charge in [0.1, 0.15) is 0 Å². The summed E-state index contributed by atoms with van der Waals surface area (Å²) in [7, 11) is 0. The quantitative estimate of drug-likeness (QED) is 0.185. The molecule has 0 spiro atoms. The number of aromatic nitrogens is 4. The van der Waals surface area contributed by atoms with Crippen LogP contribution in [0, 0.1) is 6.92 Å². The molecule has 5 aromatic rings. The number of carbonyl (C=O) groups is 1. The number of nitrogens with zero attached hydrogens (tertiary/aromatic N) is 4. The van der Waals surface area contributed by atoms with Crippen LogP contribution in [0.5, 0.6) is 0 Å². The minimum absolute atomic E-state index is 0.155. The third-order valence-corrected chi connectivity index (χ3v) is 8.27. The van der Waals surface area contributed by atoms with Gasteiger partial charge in [-0.2, -0.15) is 0 Å². The average molecular weight is 611 g/mol. The highest BCUT2D eigenvalue weighted by molar-refractivity contribution is 9.10. The molecule has 186 valence electrons. The maximum absolute atomic E-state index is 12.8. The zero-order valence-electron chi connectivity index (χ0n) is 19.7. The molecule has 2 heterocycles. The van der Waals surface area contributed by atoms with Crippen molar-refractivity contribution in [2.75, 3.05) is 11.1 Å². The van der Waals surface area contributed by atoms with Crippen LogP contribution >= 0.6 is 50.6 Å². The number of hydrogen-bond donors (Lipinski definition) is 1. The van der Waals surface area contributed by atoms with Gasteiger partial charge in [-0.3, -0.25) is 9.36 Å². The highest BCUT2D eigenvalue weighted by atomic mass is 79.9. The van der Waals surface area contributed by atoms with Gasteiger partial charge < -0.3 is 5.32 Å². The van der Waals surface area contributed by atoms with E-state index in [1.54, 1.807) is 6.20 Å². The number of thiazole rings is 1. The molecule has 0 saturated heterocycles. The van der Waals surface area contributed by atoms with Gasteiger partial charge in [0, 0.05) is 38.2 Å². The summed E-state index contributed by atoms with van der Waals surface area (Å²) in [6.45, 7) is 1.98. The minimum Gasteiger partial charge on any atom is -0.301 e. The van der Waals surface area contributed by atoms with Gasteiger partial charge in [0.05, 0.1) is 5.75 Å². The lowest BCUT2D eigenvalue weighted by Gasteiger charge is -2.10. The van der Waals surface area contributed by atoms with E-state index in [1.165, 1.54) is 23.1 Å². The lowest BCUT2D eigenvalue weighted by Crippen LogP contribution is -2.14. The standard InChI is InChI=1S/C27H21BrClN5OS2/c1-17-7-8-18(14-23(17)29)13-22-15-30-26(37-22)31-24(35)16-36-27-33-32-25(19-9-11-20(28)12-10-19)34(27)21-5-3-2-4-6-21/h2-12,14-15H,13,16H2,1H3,(H,30,31,35). The molecule has 5 rings (SSSR count). The third-order valence-electron chi connectivity index (χ3n) is 5.50. The largest absolute Gasteiger partial charge is 0.301 e. The first-order valence-electron chi connectivity index (χ1n) is 11.4. The Morgan fingerprint density at radius 1 is 1.08 bits per heavy atom. The molecule has 6 nitrogen and oxygen atoms in total. The van der Waals surface area contributed by atoms with E-state index in [1.807, 2.05) is 78.2 Å². The Labute approximate surface area is 236 Å². The van der Waals surface area contributed by atoms with Crippen molar-refractivity contribution >= 4 is 61.7 Å². The van der Waals surface area contributed by atoms with Crippen molar-refractivity contribution in [3.63, 3.8) is 0 Å². The van der Waals surface area contributed by atoms with Crippen LogP contribution in [0.3, 0.4) is 0 Å². The molecule has 0 radical (unpaired) electrons. The van der Waals surface area contributed by atoms with E-state index in [-0.39, 0.29) is 11.7 Å². The molecule has 0 unspecified atom stereocenters. The van der Waals surface area contributed by atoms with Crippen LogP contribution in [0.1, 0.15) is 16.0 Å². The minimum atomic E-state index is -0.155. The molecule has 0 fully saturated rings. The summed E-state index contributed by atoms with van der Waals surface area (Å²) >= 11 is 12.5. The van der Waals surface area contributed by atoms with Crippen LogP contribution in [0.25, 0.3) is 17.1 Å². The van der Waals surface area contributed by atoms with Crippen molar-refractivity contribution in [2.24, 2.45) is 0 Å². The van der Waals surface area contributed by atoms with Crippen molar-refractivity contribution in [3.8, 4) is 17.1 Å². The maximum Gasteiger partial charge on any atom is 0.236 e. The number of para-hydroxylation sites is 1. The summed E-state index contributed by atoms with van der Waals surface area (Å²) < 4.78 is 2.95. The molecule has 0 saturated carbocycles. The number of nitrogens with one attached hydrogen (secondary N) is 1. The highest BCUT2D eigenvalue weighted by Crippen LogP contribution is 2.29. The van der Waals surface area contributed by atoms with Gasteiger partial charge in [-0.1, -0.05) is 81.8 Å². The third kappa shape index (κ3) is 6.30. The van der Waals surface area contributed by atoms with Crippen molar-refractivity contribution in [1.82, 2.24) is 19.7 Å². The molecule has 1 N–H and O–H groups in total. The number of rotatable bonds is 8. The Morgan fingerprint density at radius 2 is 1.86 bits per heavy atom. The van der Waals surface area contributed by atoms with Gasteiger partial charge in [-0.05, 0) is 48.4 Å². The summed E-state index contributed by atoms with van der Waals surface area (Å²) in [5, 5.41) is 13.7. The average Bonchev–Trinajstić information content (AvgIpc) is 3.53. The van der Waals surface area contributed by atoms with Gasteiger partial charge in [0.15, 0.2) is 16.1 Å². The fourth-order valence-corrected chi connectivity index (χ4v) is 5.72. The molecule has 0 bridgehead atoms. The summed E-state index contributed by atoms with van der Waals surface area (Å²) in [5.74, 6) is 0.729. The number of anilines is 1. The van der Waals surface area contributed by atoms with Gasteiger partial charge in [0.2, 0.25) is 5.91 Å². The summed E-state index contributed by atoms with van der Waals surface area (Å²) in [6.07, 6.45) is 2.50. The van der Waals surface area contributed by atoms with Crippen LogP contribution in [0.4, 0.5) is 5.13 Å². The Hall–Kier alpha value is -2.98. The van der Waals surface area contributed by atoms with E-state index < -0.39 is 0 Å². The van der Waals surface area contributed by atoms with E-state index in [4.69, 9.17) is 11.6 Å². The number of hydrogen-bond acceptors (Lipinski definition) is 6. The molecule has 0 aliphatic rings. The molecule has 10 heteroatoms. The summed E-state index contributed by atoms with van der Waals surface area (Å²) in [6, 6.07) is 23.8. The predicted molar refractivity (Wildman–Crippen MR) is 155 cm³/mol. The lowest BCUT2D eigenvalue weighted by molar-refractivity contribution is -0.113. The van der Waals surface area contributed by atoms with Crippen LogP contribution in [0.2, 0.25) is 5.02 Å². The first-order chi connectivity index (χ1) is 18.0. The van der Waals surface area contributed by atoms with Crippen LogP contribution in [-0.4, -0.2) is 31.4 Å². The van der Waals surface area contributed by atoms with Crippen LogP contribution in [0.15, 0.2) is 88.6 Å². The number of carbonyl (C=O) groups excluding carboxylic acids is 1. The Balaban J connectivity index is 1.27. The molecule has 37 heavy (non-hydrogen) atoms. The summed E-state index contributed by atoms with van der Waals surface area (Å²) in [4.78, 5) is 18.2. The second-order valence-electron chi connectivity index (χ2n) is 8.21. The fraction of sp³-hybridized carbons (Fsp3) is 0.111. The Bertz CT molecular complexity index is 1540. The second-order valence-corrected chi connectivity index (χ2v) is 11.6.